The van der Waals surface area contributed by atoms with Gasteiger partial charge in [-0.2, -0.15) is 0 Å². The van der Waals surface area contributed by atoms with Crippen molar-refractivity contribution < 1.29 is 14.3 Å². The van der Waals surface area contributed by atoms with Crippen molar-refractivity contribution in [3.8, 4) is 0 Å². The van der Waals surface area contributed by atoms with E-state index in [4.69, 9.17) is 10.5 Å². The van der Waals surface area contributed by atoms with E-state index in [1.54, 1.807) is 0 Å². The highest BCUT2D eigenvalue weighted by atomic mass is 16.6. The maximum absolute atomic E-state index is 11.9. The number of ether oxygens (including phenoxy) is 1. The Labute approximate surface area is 143 Å². The molecule has 1 fully saturated rings. The third-order valence-corrected chi connectivity index (χ3v) is 4.00. The highest BCUT2D eigenvalue weighted by molar-refractivity contribution is 5.81. The van der Waals surface area contributed by atoms with Crippen molar-refractivity contribution in [2.75, 3.05) is 19.6 Å². The summed E-state index contributed by atoms with van der Waals surface area (Å²) in [5, 5.41) is 2.81. The first-order chi connectivity index (χ1) is 11.3. The van der Waals surface area contributed by atoms with Gasteiger partial charge in [0.2, 0.25) is 5.91 Å². The first-order valence-corrected chi connectivity index (χ1v) is 8.31. The number of carbonyl (C=O) groups is 2. The summed E-state index contributed by atoms with van der Waals surface area (Å²) in [5.41, 5.74) is 6.02. The number of nitrogens with zero attached hydrogens (tertiary/aromatic N) is 1. The Morgan fingerprint density at radius 1 is 1.33 bits per heavy atom. The molecule has 0 saturated carbocycles. The summed E-state index contributed by atoms with van der Waals surface area (Å²) in [6, 6.07) is 9.14. The van der Waals surface area contributed by atoms with Crippen molar-refractivity contribution in [3.05, 3.63) is 35.9 Å². The molecular weight excluding hydrogens is 306 g/mol. The molecule has 24 heavy (non-hydrogen) atoms. The van der Waals surface area contributed by atoms with Crippen molar-refractivity contribution in [1.29, 1.82) is 0 Å². The Hall–Kier alpha value is -2.08. The lowest BCUT2D eigenvalue weighted by molar-refractivity contribution is -0.123. The van der Waals surface area contributed by atoms with Gasteiger partial charge in [0, 0.05) is 13.1 Å². The van der Waals surface area contributed by atoms with Crippen LogP contribution in [0.4, 0.5) is 4.79 Å². The van der Waals surface area contributed by atoms with Crippen molar-refractivity contribution >= 4 is 12.0 Å². The molecule has 1 aromatic rings. The number of hydrogen-bond donors (Lipinski definition) is 2. The van der Waals surface area contributed by atoms with Crippen LogP contribution in [0.1, 0.15) is 38.8 Å². The number of rotatable bonds is 5. The molecule has 2 rings (SSSR count). The lowest BCUT2D eigenvalue weighted by Crippen LogP contribution is -2.38. The van der Waals surface area contributed by atoms with Crippen LogP contribution >= 0.6 is 0 Å². The molecule has 2 atom stereocenters. The summed E-state index contributed by atoms with van der Waals surface area (Å²) in [6.45, 7) is 7.54. The Kier molecular flexibility index (Phi) is 5.83. The monoisotopic (exact) mass is 333 g/mol. The van der Waals surface area contributed by atoms with Gasteiger partial charge in [0.25, 0.3) is 0 Å². The normalized spacial score (nSPS) is 19.7. The van der Waals surface area contributed by atoms with E-state index in [1.807, 2.05) is 51.1 Å². The summed E-state index contributed by atoms with van der Waals surface area (Å²) < 4.78 is 5.24. The Balaban J connectivity index is 1.89. The number of likely N-dealkylation sites (tertiary alicyclic amines) is 1. The minimum atomic E-state index is -0.504. The molecule has 1 aromatic carbocycles. The van der Waals surface area contributed by atoms with Gasteiger partial charge in [0.05, 0.1) is 0 Å². The predicted octanol–water partition coefficient (Wildman–Crippen LogP) is 2.06. The molecule has 2 amide bonds. The fourth-order valence-electron chi connectivity index (χ4n) is 3.00. The maximum Gasteiger partial charge on any atom is 0.407 e. The second-order valence-electron chi connectivity index (χ2n) is 7.25. The summed E-state index contributed by atoms with van der Waals surface area (Å²) in [7, 11) is 0. The van der Waals surface area contributed by atoms with Crippen LogP contribution in [0.3, 0.4) is 0 Å². The standard InChI is InChI=1S/C18H27N3O3/c1-18(2,3)24-17(23)20-11-13-9-10-21(12-13)15(16(19)22)14-7-5-4-6-8-14/h4-8,13,15H,9-12H2,1-3H3,(H2,19,22)(H,20,23)/t13-,15-/m0/s1. The lowest BCUT2D eigenvalue weighted by Gasteiger charge is -2.25. The Morgan fingerprint density at radius 2 is 2.00 bits per heavy atom. The fourth-order valence-corrected chi connectivity index (χ4v) is 3.00. The van der Waals surface area contributed by atoms with Crippen molar-refractivity contribution in [1.82, 2.24) is 10.2 Å². The van der Waals surface area contributed by atoms with Crippen LogP contribution in [-0.2, 0) is 9.53 Å². The van der Waals surface area contributed by atoms with Crippen molar-refractivity contribution in [2.45, 2.75) is 38.8 Å². The number of hydrogen-bond acceptors (Lipinski definition) is 4. The number of primary amides is 1. The summed E-state index contributed by atoms with van der Waals surface area (Å²) in [5.74, 6) is -0.0648. The van der Waals surface area contributed by atoms with E-state index in [0.29, 0.717) is 6.54 Å². The van der Waals surface area contributed by atoms with Gasteiger partial charge in [0.1, 0.15) is 11.6 Å². The summed E-state index contributed by atoms with van der Waals surface area (Å²) in [4.78, 5) is 25.7. The van der Waals surface area contributed by atoms with Crippen LogP contribution in [0, 0.1) is 5.92 Å². The van der Waals surface area contributed by atoms with Gasteiger partial charge >= 0.3 is 6.09 Å². The zero-order valence-corrected chi connectivity index (χ0v) is 14.6. The molecule has 1 aliphatic rings. The van der Waals surface area contributed by atoms with E-state index in [1.165, 1.54) is 0 Å². The van der Waals surface area contributed by atoms with E-state index in [2.05, 4.69) is 10.2 Å². The number of amides is 2. The molecule has 6 heteroatoms. The Morgan fingerprint density at radius 3 is 2.58 bits per heavy atom. The molecule has 0 bridgehead atoms. The van der Waals surface area contributed by atoms with E-state index in [0.717, 1.165) is 25.1 Å². The molecule has 1 saturated heterocycles. The third-order valence-electron chi connectivity index (χ3n) is 4.00. The number of nitrogens with one attached hydrogen (secondary N) is 1. The molecule has 0 aromatic heterocycles. The van der Waals surface area contributed by atoms with Crippen molar-refractivity contribution in [3.63, 3.8) is 0 Å². The second kappa shape index (κ2) is 7.66. The fraction of sp³-hybridized carbons (Fsp3) is 0.556. The van der Waals surface area contributed by atoms with Gasteiger partial charge in [-0.3, -0.25) is 9.69 Å². The number of carbonyl (C=O) groups excluding carboxylic acids is 2. The zero-order chi connectivity index (χ0) is 17.7. The van der Waals surface area contributed by atoms with E-state index in [9.17, 15) is 9.59 Å². The van der Waals surface area contributed by atoms with E-state index >= 15 is 0 Å². The first-order valence-electron chi connectivity index (χ1n) is 8.31. The van der Waals surface area contributed by atoms with Crippen LogP contribution < -0.4 is 11.1 Å². The second-order valence-corrected chi connectivity index (χ2v) is 7.25. The molecule has 6 nitrogen and oxygen atoms in total. The SMILES string of the molecule is CC(C)(C)OC(=O)NC[C@@H]1CCN([C@H](C(N)=O)c2ccccc2)C1. The third kappa shape index (κ3) is 5.23. The van der Waals surface area contributed by atoms with E-state index in [-0.39, 0.29) is 11.8 Å². The van der Waals surface area contributed by atoms with E-state index < -0.39 is 17.7 Å². The highest BCUT2D eigenvalue weighted by Crippen LogP contribution is 2.27. The quantitative estimate of drug-likeness (QED) is 0.864. The molecule has 0 aliphatic carbocycles. The first kappa shape index (κ1) is 18.3. The molecule has 1 aliphatic heterocycles. The minimum Gasteiger partial charge on any atom is -0.444 e. The molecular formula is C18H27N3O3. The van der Waals surface area contributed by atoms with Crippen LogP contribution in [0.25, 0.3) is 0 Å². The maximum atomic E-state index is 11.9. The van der Waals surface area contributed by atoms with Gasteiger partial charge in [-0.05, 0) is 45.2 Å². The van der Waals surface area contributed by atoms with Gasteiger partial charge in [-0.25, -0.2) is 4.79 Å². The minimum absolute atomic E-state index is 0.281. The largest absolute Gasteiger partial charge is 0.444 e. The van der Waals surface area contributed by atoms with Gasteiger partial charge < -0.3 is 15.8 Å². The van der Waals surface area contributed by atoms with Crippen molar-refractivity contribution in [2.24, 2.45) is 11.7 Å². The lowest BCUT2D eigenvalue weighted by atomic mass is 10.0. The zero-order valence-electron chi connectivity index (χ0n) is 14.6. The molecule has 0 spiro atoms. The number of alkyl carbamates (subject to hydrolysis) is 1. The molecule has 132 valence electrons. The average Bonchev–Trinajstić information content (AvgIpc) is 2.93. The van der Waals surface area contributed by atoms with Crippen LogP contribution in [0.15, 0.2) is 30.3 Å². The topological polar surface area (TPSA) is 84.7 Å². The smallest absolute Gasteiger partial charge is 0.407 e. The number of nitrogens with two attached hydrogens (primary N) is 1. The number of benzene rings is 1. The molecule has 3 N–H and O–H groups in total. The highest BCUT2D eigenvalue weighted by Gasteiger charge is 2.32. The Bertz CT molecular complexity index is 569. The van der Waals surface area contributed by atoms with Gasteiger partial charge in [0.15, 0.2) is 0 Å². The van der Waals surface area contributed by atoms with Gasteiger partial charge in [-0.15, -0.1) is 0 Å². The van der Waals surface area contributed by atoms with Crippen LogP contribution in [0.2, 0.25) is 0 Å². The van der Waals surface area contributed by atoms with Crippen LogP contribution in [0.5, 0.6) is 0 Å². The molecule has 1 heterocycles. The van der Waals surface area contributed by atoms with Gasteiger partial charge in [-0.1, -0.05) is 30.3 Å². The predicted molar refractivity (Wildman–Crippen MR) is 92.3 cm³/mol. The molecule has 0 unspecified atom stereocenters. The molecule has 0 radical (unpaired) electrons. The van der Waals surface area contributed by atoms with Crippen LogP contribution in [-0.4, -0.2) is 42.1 Å². The average molecular weight is 333 g/mol. The summed E-state index contributed by atoms with van der Waals surface area (Å²) in [6.07, 6.45) is 0.502. The summed E-state index contributed by atoms with van der Waals surface area (Å²) >= 11 is 0.